The summed E-state index contributed by atoms with van der Waals surface area (Å²) in [5, 5.41) is 3.68. The maximum atomic E-state index is 12.5. The summed E-state index contributed by atoms with van der Waals surface area (Å²) in [7, 11) is 1.99. The number of likely N-dealkylation sites (N-methyl/N-ethyl adjacent to an activating group) is 1. The highest BCUT2D eigenvalue weighted by Gasteiger charge is 2.27. The quantitative estimate of drug-likeness (QED) is 0.893. The average Bonchev–Trinajstić information content (AvgIpc) is 2.67. The molecule has 7 heteroatoms. The van der Waals surface area contributed by atoms with E-state index >= 15 is 0 Å². The number of piperidine rings is 1. The molecule has 1 saturated heterocycles. The molecule has 0 saturated carbocycles. The normalized spacial score (nSPS) is 17.0. The molecule has 3 rings (SSSR count). The summed E-state index contributed by atoms with van der Waals surface area (Å²) in [6.07, 6.45) is 5.63. The fourth-order valence-electron chi connectivity index (χ4n) is 3.08. The molecule has 0 bridgehead atoms. The Kier molecular flexibility index (Phi) is 5.93. The number of nitrogens with one attached hydrogen (secondary N) is 1. The van der Waals surface area contributed by atoms with Crippen molar-refractivity contribution in [3.8, 4) is 0 Å². The van der Waals surface area contributed by atoms with E-state index in [-0.39, 0.29) is 12.1 Å². The highest BCUT2D eigenvalue weighted by Crippen LogP contribution is 2.18. The van der Waals surface area contributed by atoms with Crippen molar-refractivity contribution in [3.05, 3.63) is 52.8 Å². The average molecular weight is 374 g/mol. The van der Waals surface area contributed by atoms with Crippen molar-refractivity contribution >= 4 is 23.6 Å². The number of aryl methyl sites for hydroxylation is 1. The van der Waals surface area contributed by atoms with E-state index in [9.17, 15) is 4.79 Å². The van der Waals surface area contributed by atoms with E-state index in [1.54, 1.807) is 0 Å². The van der Waals surface area contributed by atoms with Gasteiger partial charge in [0.15, 0.2) is 0 Å². The first-order valence-corrected chi connectivity index (χ1v) is 9.19. The van der Waals surface area contributed by atoms with Gasteiger partial charge in [0.2, 0.25) is 5.95 Å². The summed E-state index contributed by atoms with van der Waals surface area (Å²) >= 11 is 5.89. The van der Waals surface area contributed by atoms with Crippen LogP contribution in [-0.4, -0.2) is 47.1 Å². The van der Waals surface area contributed by atoms with E-state index in [1.165, 1.54) is 0 Å². The number of anilines is 1. The predicted octanol–water partition coefficient (Wildman–Crippen LogP) is 3.25. The molecular formula is C19H24ClN5O. The number of halogens is 1. The van der Waals surface area contributed by atoms with Crippen molar-refractivity contribution in [2.24, 2.45) is 0 Å². The third-order valence-electron chi connectivity index (χ3n) is 4.67. The molecule has 6 nitrogen and oxygen atoms in total. The van der Waals surface area contributed by atoms with Crippen molar-refractivity contribution in [2.45, 2.75) is 32.4 Å². The molecule has 1 unspecified atom stereocenters. The second-order valence-electron chi connectivity index (χ2n) is 6.70. The number of carbonyl (C=O) groups is 1. The number of hydrogen-bond acceptors (Lipinski definition) is 4. The highest BCUT2D eigenvalue weighted by molar-refractivity contribution is 6.30. The van der Waals surface area contributed by atoms with Gasteiger partial charge in [-0.3, -0.25) is 0 Å². The molecule has 138 valence electrons. The molecule has 1 aliphatic rings. The van der Waals surface area contributed by atoms with Crippen LogP contribution >= 0.6 is 11.6 Å². The van der Waals surface area contributed by atoms with Crippen molar-refractivity contribution in [1.82, 2.24) is 20.2 Å². The van der Waals surface area contributed by atoms with Gasteiger partial charge in [-0.25, -0.2) is 14.8 Å². The summed E-state index contributed by atoms with van der Waals surface area (Å²) in [6, 6.07) is 7.68. The van der Waals surface area contributed by atoms with Gasteiger partial charge < -0.3 is 15.1 Å². The van der Waals surface area contributed by atoms with Crippen LogP contribution in [0.1, 0.15) is 24.0 Å². The molecule has 0 radical (unpaired) electrons. The van der Waals surface area contributed by atoms with Gasteiger partial charge in [-0.2, -0.15) is 0 Å². The SMILES string of the molecule is Cc1cnc(N(C)C2CCCN(C(=O)NCc3ccc(Cl)cc3)C2)nc1. The first kappa shape index (κ1) is 18.5. The second-order valence-corrected chi connectivity index (χ2v) is 7.13. The number of amides is 2. The topological polar surface area (TPSA) is 61.4 Å². The largest absolute Gasteiger partial charge is 0.339 e. The molecule has 1 fully saturated rings. The zero-order valence-corrected chi connectivity index (χ0v) is 15.9. The van der Waals surface area contributed by atoms with Crippen LogP contribution in [0.15, 0.2) is 36.7 Å². The van der Waals surface area contributed by atoms with Gasteiger partial charge in [-0.05, 0) is 43.0 Å². The van der Waals surface area contributed by atoms with Crippen molar-refractivity contribution in [2.75, 3.05) is 25.0 Å². The Balaban J connectivity index is 1.56. The van der Waals surface area contributed by atoms with Crippen LogP contribution in [-0.2, 0) is 6.54 Å². The van der Waals surface area contributed by atoms with Crippen molar-refractivity contribution in [3.63, 3.8) is 0 Å². The Morgan fingerprint density at radius 1 is 1.31 bits per heavy atom. The summed E-state index contributed by atoms with van der Waals surface area (Å²) in [5.74, 6) is 0.698. The van der Waals surface area contributed by atoms with E-state index in [0.717, 1.165) is 30.5 Å². The van der Waals surface area contributed by atoms with Crippen LogP contribution in [0.4, 0.5) is 10.7 Å². The molecule has 0 spiro atoms. The molecular weight excluding hydrogens is 350 g/mol. The molecule has 1 aromatic carbocycles. The summed E-state index contributed by atoms with van der Waals surface area (Å²) < 4.78 is 0. The monoisotopic (exact) mass is 373 g/mol. The predicted molar refractivity (Wildman–Crippen MR) is 103 cm³/mol. The lowest BCUT2D eigenvalue weighted by atomic mass is 10.1. The Bertz CT molecular complexity index is 735. The van der Waals surface area contributed by atoms with Crippen LogP contribution in [0.25, 0.3) is 0 Å². The van der Waals surface area contributed by atoms with Crippen LogP contribution in [0, 0.1) is 6.92 Å². The van der Waals surface area contributed by atoms with E-state index < -0.39 is 0 Å². The lowest BCUT2D eigenvalue weighted by Gasteiger charge is -2.37. The summed E-state index contributed by atoms with van der Waals surface area (Å²) in [5.41, 5.74) is 2.07. The van der Waals surface area contributed by atoms with Crippen LogP contribution in [0.5, 0.6) is 0 Å². The maximum absolute atomic E-state index is 12.5. The van der Waals surface area contributed by atoms with Gasteiger partial charge in [-0.1, -0.05) is 23.7 Å². The van der Waals surface area contributed by atoms with E-state index in [1.807, 2.05) is 55.5 Å². The minimum Gasteiger partial charge on any atom is -0.339 e. The number of hydrogen-bond donors (Lipinski definition) is 1. The van der Waals surface area contributed by atoms with Gasteiger partial charge in [0.05, 0.1) is 0 Å². The van der Waals surface area contributed by atoms with Gasteiger partial charge >= 0.3 is 6.03 Å². The molecule has 2 amide bonds. The lowest BCUT2D eigenvalue weighted by molar-refractivity contribution is 0.178. The smallest absolute Gasteiger partial charge is 0.317 e. The number of carbonyl (C=O) groups excluding carboxylic acids is 1. The first-order valence-electron chi connectivity index (χ1n) is 8.81. The zero-order valence-electron chi connectivity index (χ0n) is 15.2. The number of nitrogens with zero attached hydrogens (tertiary/aromatic N) is 4. The second kappa shape index (κ2) is 8.36. The maximum Gasteiger partial charge on any atom is 0.317 e. The molecule has 2 heterocycles. The molecule has 1 aromatic heterocycles. The Morgan fingerprint density at radius 3 is 2.69 bits per heavy atom. The van der Waals surface area contributed by atoms with Crippen LogP contribution in [0.3, 0.4) is 0 Å². The number of likely N-dealkylation sites (tertiary alicyclic amines) is 1. The first-order chi connectivity index (χ1) is 12.5. The number of benzene rings is 1. The Labute approximate surface area is 159 Å². The standard InChI is InChI=1S/C19H24ClN5O/c1-14-10-21-18(22-11-14)24(2)17-4-3-9-25(13-17)19(26)23-12-15-5-7-16(20)8-6-15/h5-8,10-11,17H,3-4,9,12-13H2,1-2H3,(H,23,26). The number of aromatic nitrogens is 2. The lowest BCUT2D eigenvalue weighted by Crippen LogP contribution is -2.51. The Morgan fingerprint density at radius 2 is 2.00 bits per heavy atom. The minimum atomic E-state index is -0.0390. The fraction of sp³-hybridized carbons (Fsp3) is 0.421. The van der Waals surface area contributed by atoms with Gasteiger partial charge in [0.25, 0.3) is 0 Å². The fourth-order valence-corrected chi connectivity index (χ4v) is 3.20. The van der Waals surface area contributed by atoms with Crippen LogP contribution < -0.4 is 10.2 Å². The number of rotatable bonds is 4. The van der Waals surface area contributed by atoms with E-state index in [0.29, 0.717) is 24.1 Å². The molecule has 1 N–H and O–H groups in total. The van der Waals surface area contributed by atoms with Gasteiger partial charge in [0, 0.05) is 50.1 Å². The van der Waals surface area contributed by atoms with Crippen molar-refractivity contribution in [1.29, 1.82) is 0 Å². The molecule has 1 atom stereocenters. The minimum absolute atomic E-state index is 0.0390. The van der Waals surface area contributed by atoms with E-state index in [2.05, 4.69) is 20.2 Å². The van der Waals surface area contributed by atoms with E-state index in [4.69, 9.17) is 11.6 Å². The molecule has 2 aromatic rings. The third-order valence-corrected chi connectivity index (χ3v) is 4.92. The van der Waals surface area contributed by atoms with Gasteiger partial charge in [-0.15, -0.1) is 0 Å². The molecule has 26 heavy (non-hydrogen) atoms. The summed E-state index contributed by atoms with van der Waals surface area (Å²) in [4.78, 5) is 25.2. The van der Waals surface area contributed by atoms with Gasteiger partial charge in [0.1, 0.15) is 0 Å². The third kappa shape index (κ3) is 4.64. The highest BCUT2D eigenvalue weighted by atomic mass is 35.5. The summed E-state index contributed by atoms with van der Waals surface area (Å²) in [6.45, 7) is 3.90. The van der Waals surface area contributed by atoms with Crippen LogP contribution in [0.2, 0.25) is 5.02 Å². The zero-order chi connectivity index (χ0) is 18.5. The molecule has 1 aliphatic heterocycles. The van der Waals surface area contributed by atoms with Crippen molar-refractivity contribution < 1.29 is 4.79 Å². The molecule has 0 aliphatic carbocycles. The number of urea groups is 1. The Hall–Kier alpha value is -2.34.